The molecule has 1 atom stereocenters. The number of aromatic nitrogens is 2. The second kappa shape index (κ2) is 8.03. The van der Waals surface area contributed by atoms with Crippen LogP contribution in [0.5, 0.6) is 0 Å². The Balaban J connectivity index is 1.81. The van der Waals surface area contributed by atoms with Gasteiger partial charge in [-0.3, -0.25) is 14.3 Å². The van der Waals surface area contributed by atoms with Gasteiger partial charge in [-0.2, -0.15) is 0 Å². The molecule has 29 heavy (non-hydrogen) atoms. The van der Waals surface area contributed by atoms with Crippen LogP contribution >= 0.6 is 7.37 Å². The first kappa shape index (κ1) is 19.1. The molecule has 4 rings (SSSR count). The minimum Gasteiger partial charge on any atom is -0.350 e. The van der Waals surface area contributed by atoms with Crippen molar-refractivity contribution in [1.29, 1.82) is 0 Å². The van der Waals surface area contributed by atoms with Crippen molar-refractivity contribution in [3.63, 3.8) is 0 Å². The predicted octanol–water partition coefficient (Wildman–Crippen LogP) is 3.37. The molecule has 2 N–H and O–H groups in total. The van der Waals surface area contributed by atoms with Crippen molar-refractivity contribution in [3.05, 3.63) is 90.4 Å². The Bertz CT molecular complexity index is 1190. The van der Waals surface area contributed by atoms with Gasteiger partial charge in [-0.05, 0) is 35.9 Å². The summed E-state index contributed by atoms with van der Waals surface area (Å²) in [5, 5.41) is 4.51. The molecule has 2 heterocycles. The highest BCUT2D eigenvalue weighted by Crippen LogP contribution is 2.46. The molecule has 1 amide bonds. The summed E-state index contributed by atoms with van der Waals surface area (Å²) in [5.74, 6) is -0.346. The van der Waals surface area contributed by atoms with Gasteiger partial charge in [0.15, 0.2) is 0 Å². The van der Waals surface area contributed by atoms with Gasteiger partial charge >= 0.3 is 0 Å². The second-order valence-electron chi connectivity index (χ2n) is 6.50. The van der Waals surface area contributed by atoms with E-state index in [2.05, 4.69) is 15.3 Å². The highest BCUT2D eigenvalue weighted by Gasteiger charge is 2.35. The van der Waals surface area contributed by atoms with Gasteiger partial charge in [0.05, 0.1) is 5.30 Å². The third kappa shape index (κ3) is 3.60. The van der Waals surface area contributed by atoms with Crippen molar-refractivity contribution < 1.29 is 13.9 Å². The largest absolute Gasteiger partial charge is 0.350 e. The van der Waals surface area contributed by atoms with Crippen LogP contribution in [0.1, 0.15) is 16.1 Å². The Kier molecular flexibility index (Phi) is 5.30. The number of rotatable bonds is 6. The number of nitrogens with one attached hydrogen (secondary N) is 2. The van der Waals surface area contributed by atoms with Gasteiger partial charge in [-0.1, -0.05) is 36.4 Å². The van der Waals surface area contributed by atoms with Crippen molar-refractivity contribution in [1.82, 2.24) is 15.3 Å². The third-order valence-electron chi connectivity index (χ3n) is 4.76. The summed E-state index contributed by atoms with van der Waals surface area (Å²) in [6.45, 7) is 0.332. The van der Waals surface area contributed by atoms with Gasteiger partial charge in [0.25, 0.3) is 13.3 Å². The van der Waals surface area contributed by atoms with Crippen molar-refractivity contribution in [2.24, 2.45) is 0 Å². The average Bonchev–Trinajstić information content (AvgIpc) is 3.18. The van der Waals surface area contributed by atoms with Crippen LogP contribution in [0, 0.1) is 0 Å². The van der Waals surface area contributed by atoms with E-state index in [0.717, 1.165) is 11.1 Å². The highest BCUT2D eigenvalue weighted by atomic mass is 31.2. The highest BCUT2D eigenvalue weighted by molar-refractivity contribution is 7.75. The smallest absolute Gasteiger partial charge is 0.268 e. The zero-order chi connectivity index (χ0) is 20.3. The van der Waals surface area contributed by atoms with E-state index in [1.165, 1.54) is 7.11 Å². The first-order chi connectivity index (χ1) is 14.1. The van der Waals surface area contributed by atoms with Crippen LogP contribution in [0.15, 0.2) is 79.1 Å². The van der Waals surface area contributed by atoms with E-state index >= 15 is 0 Å². The molecule has 2 aromatic carbocycles. The lowest BCUT2D eigenvalue weighted by atomic mass is 10.2. The minimum absolute atomic E-state index is 0.245. The third-order valence-corrected chi connectivity index (χ3v) is 7.30. The van der Waals surface area contributed by atoms with Crippen LogP contribution in [-0.4, -0.2) is 23.0 Å². The van der Waals surface area contributed by atoms with E-state index in [0.29, 0.717) is 22.5 Å². The van der Waals surface area contributed by atoms with Crippen molar-refractivity contribution >= 4 is 34.8 Å². The van der Waals surface area contributed by atoms with Crippen LogP contribution in [0.4, 0.5) is 0 Å². The lowest BCUT2D eigenvalue weighted by Crippen LogP contribution is -2.30. The fourth-order valence-corrected chi connectivity index (χ4v) is 5.50. The quantitative estimate of drug-likeness (QED) is 0.482. The maximum atomic E-state index is 14.0. The van der Waals surface area contributed by atoms with Gasteiger partial charge in [0.2, 0.25) is 0 Å². The van der Waals surface area contributed by atoms with Crippen LogP contribution < -0.4 is 15.9 Å². The summed E-state index contributed by atoms with van der Waals surface area (Å²) in [7, 11) is -2.08. The molecule has 2 aromatic heterocycles. The van der Waals surface area contributed by atoms with E-state index in [9.17, 15) is 9.36 Å². The number of carbonyl (C=O) groups excluding carboxylic acids is 1. The maximum absolute atomic E-state index is 14.0. The standard InChI is InChI=1S/C22H20N3O3P/c1-28-29(27,17-7-3-2-4-8-17)21-18-9-5-6-10-19(18)25-20(21)22(26)24-15-16-11-13-23-14-12-16/h2-14,25H,15H2,1H3,(H,24,26). The Morgan fingerprint density at radius 2 is 1.72 bits per heavy atom. The summed E-state index contributed by atoms with van der Waals surface area (Å²) in [6, 6.07) is 20.0. The number of benzene rings is 2. The Morgan fingerprint density at radius 3 is 2.45 bits per heavy atom. The molecule has 0 saturated heterocycles. The number of amides is 1. The predicted molar refractivity (Wildman–Crippen MR) is 114 cm³/mol. The summed E-state index contributed by atoms with van der Waals surface area (Å²) in [5.41, 5.74) is 1.89. The Hall–Kier alpha value is -3.21. The summed E-state index contributed by atoms with van der Waals surface area (Å²) in [6.07, 6.45) is 3.34. The molecule has 0 spiro atoms. The molecule has 0 aliphatic rings. The zero-order valence-corrected chi connectivity index (χ0v) is 16.7. The van der Waals surface area contributed by atoms with Crippen LogP contribution in [0.2, 0.25) is 0 Å². The molecule has 4 aromatic rings. The van der Waals surface area contributed by atoms with E-state index < -0.39 is 7.37 Å². The number of para-hydroxylation sites is 1. The number of aromatic amines is 1. The Morgan fingerprint density at radius 1 is 1.03 bits per heavy atom. The number of pyridine rings is 1. The number of hydrogen-bond acceptors (Lipinski definition) is 4. The number of fused-ring (bicyclic) bond motifs is 1. The molecule has 7 heteroatoms. The lowest BCUT2D eigenvalue weighted by Gasteiger charge is -2.18. The maximum Gasteiger partial charge on any atom is 0.268 e. The normalized spacial score (nSPS) is 13.1. The number of H-pyrrole nitrogens is 1. The van der Waals surface area contributed by atoms with Crippen LogP contribution in [0.3, 0.4) is 0 Å². The molecule has 0 saturated carbocycles. The number of nitrogens with zero attached hydrogens (tertiary/aromatic N) is 1. The van der Waals surface area contributed by atoms with Gasteiger partial charge in [0, 0.05) is 42.3 Å². The van der Waals surface area contributed by atoms with Gasteiger partial charge in [0.1, 0.15) is 5.69 Å². The van der Waals surface area contributed by atoms with E-state index in [4.69, 9.17) is 4.52 Å². The van der Waals surface area contributed by atoms with E-state index in [1.807, 2.05) is 42.5 Å². The summed E-state index contributed by atoms with van der Waals surface area (Å²) >= 11 is 0. The van der Waals surface area contributed by atoms with Gasteiger partial charge in [-0.25, -0.2) is 0 Å². The van der Waals surface area contributed by atoms with Crippen LogP contribution in [-0.2, 0) is 15.6 Å². The molecule has 0 fully saturated rings. The fraction of sp³-hybridized carbons (Fsp3) is 0.0909. The van der Waals surface area contributed by atoms with Crippen molar-refractivity contribution in [3.8, 4) is 0 Å². The average molecular weight is 405 g/mol. The van der Waals surface area contributed by atoms with Crippen molar-refractivity contribution in [2.45, 2.75) is 6.54 Å². The lowest BCUT2D eigenvalue weighted by molar-refractivity contribution is 0.0947. The topological polar surface area (TPSA) is 84.1 Å². The molecule has 0 bridgehead atoms. The fourth-order valence-electron chi connectivity index (χ4n) is 3.32. The summed E-state index contributed by atoms with van der Waals surface area (Å²) in [4.78, 5) is 20.2. The van der Waals surface area contributed by atoms with E-state index in [1.54, 1.807) is 36.7 Å². The molecule has 6 nitrogen and oxygen atoms in total. The summed E-state index contributed by atoms with van der Waals surface area (Å²) < 4.78 is 19.6. The monoisotopic (exact) mass is 405 g/mol. The molecular formula is C22H20N3O3P. The minimum atomic E-state index is -3.49. The van der Waals surface area contributed by atoms with Crippen molar-refractivity contribution in [2.75, 3.05) is 7.11 Å². The molecule has 146 valence electrons. The molecule has 0 aliphatic carbocycles. The van der Waals surface area contributed by atoms with Gasteiger partial charge < -0.3 is 14.8 Å². The van der Waals surface area contributed by atoms with E-state index in [-0.39, 0.29) is 11.6 Å². The molecular weight excluding hydrogens is 385 g/mol. The zero-order valence-electron chi connectivity index (χ0n) is 15.8. The van der Waals surface area contributed by atoms with Crippen LogP contribution in [0.25, 0.3) is 10.9 Å². The molecule has 0 aliphatic heterocycles. The first-order valence-electron chi connectivity index (χ1n) is 9.13. The SMILES string of the molecule is COP(=O)(c1ccccc1)c1c(C(=O)NCc2ccncc2)[nH]c2ccccc12. The molecule has 0 radical (unpaired) electrons. The first-order valence-corrected chi connectivity index (χ1v) is 10.8. The Labute approximate surface area is 168 Å². The number of carbonyl (C=O) groups is 1. The molecule has 1 unspecified atom stereocenters. The second-order valence-corrected chi connectivity index (χ2v) is 8.93. The van der Waals surface area contributed by atoms with Gasteiger partial charge in [-0.15, -0.1) is 0 Å². The number of hydrogen-bond donors (Lipinski definition) is 2.